The number of methoxy groups -OCH3 is 1. The van der Waals surface area contributed by atoms with Gasteiger partial charge in [-0.3, -0.25) is 4.79 Å². The summed E-state index contributed by atoms with van der Waals surface area (Å²) >= 11 is 0. The topological polar surface area (TPSA) is 108 Å². The number of phenols is 1. The van der Waals surface area contributed by atoms with E-state index in [1.54, 1.807) is 23.2 Å². The Labute approximate surface area is 199 Å². The minimum absolute atomic E-state index is 0.0787. The zero-order chi connectivity index (χ0) is 24.2. The molecule has 1 saturated heterocycles. The summed E-state index contributed by atoms with van der Waals surface area (Å²) in [5.74, 6) is 0.761. The number of amides is 2. The maximum atomic E-state index is 13.3. The fraction of sp³-hybridized carbons (Fsp3) is 0.346. The number of nitrogens with one attached hydrogen (secondary N) is 2. The second-order valence-electron chi connectivity index (χ2n) is 8.86. The molecule has 0 saturated carbocycles. The number of ether oxygens (including phenoxy) is 1. The maximum Gasteiger partial charge on any atom is 0.407 e. The van der Waals surface area contributed by atoms with Crippen LogP contribution in [-0.2, 0) is 9.53 Å². The highest BCUT2D eigenvalue weighted by atomic mass is 16.5. The standard InChI is InChI=1S/C26H30N4O4/c1-16(2)23(29-26(33)34-3)25(32)30-13-5-8-22(30)24-27-15-21(28-24)18-11-9-17(10-12-18)19-6-4-7-20(31)14-19/h4,6-7,9-12,14-16,22-23,31H,5,8,13H2,1-3H3,(H,27,28)(H,29,33)/t22-,23-/m0/s1. The first-order valence-electron chi connectivity index (χ1n) is 11.5. The molecule has 0 bridgehead atoms. The fourth-order valence-corrected chi connectivity index (χ4v) is 4.37. The number of H-pyrrole nitrogens is 1. The molecule has 0 unspecified atom stereocenters. The molecule has 8 nitrogen and oxygen atoms in total. The largest absolute Gasteiger partial charge is 0.508 e. The van der Waals surface area contributed by atoms with E-state index < -0.39 is 12.1 Å². The van der Waals surface area contributed by atoms with Gasteiger partial charge in [-0.25, -0.2) is 9.78 Å². The number of aromatic amines is 1. The van der Waals surface area contributed by atoms with Crippen molar-refractivity contribution < 1.29 is 19.4 Å². The number of alkyl carbamates (subject to hydrolysis) is 1. The number of benzene rings is 2. The summed E-state index contributed by atoms with van der Waals surface area (Å²) in [5.41, 5.74) is 3.79. The van der Waals surface area contributed by atoms with Crippen molar-refractivity contribution in [1.29, 1.82) is 0 Å². The molecule has 2 atom stereocenters. The van der Waals surface area contributed by atoms with Gasteiger partial charge in [0.05, 0.1) is 25.0 Å². The average Bonchev–Trinajstić information content (AvgIpc) is 3.51. The van der Waals surface area contributed by atoms with Crippen LogP contribution >= 0.6 is 0 Å². The Morgan fingerprint density at radius 2 is 1.88 bits per heavy atom. The van der Waals surface area contributed by atoms with Gasteiger partial charge in [-0.15, -0.1) is 0 Å². The number of aromatic nitrogens is 2. The number of rotatable bonds is 6. The molecular formula is C26H30N4O4. The van der Waals surface area contributed by atoms with Gasteiger partial charge >= 0.3 is 6.09 Å². The predicted octanol–water partition coefficient (Wildman–Crippen LogP) is 4.49. The van der Waals surface area contributed by atoms with Crippen LogP contribution in [0.4, 0.5) is 4.79 Å². The van der Waals surface area contributed by atoms with Crippen LogP contribution in [0.15, 0.2) is 54.7 Å². The molecular weight excluding hydrogens is 432 g/mol. The van der Waals surface area contributed by atoms with Crippen molar-refractivity contribution in [3.05, 3.63) is 60.6 Å². The molecule has 8 heteroatoms. The van der Waals surface area contributed by atoms with E-state index in [4.69, 9.17) is 4.74 Å². The van der Waals surface area contributed by atoms with E-state index in [1.165, 1.54) is 7.11 Å². The van der Waals surface area contributed by atoms with Crippen molar-refractivity contribution in [3.63, 3.8) is 0 Å². The number of hydrogen-bond acceptors (Lipinski definition) is 5. The zero-order valence-corrected chi connectivity index (χ0v) is 19.6. The van der Waals surface area contributed by atoms with Gasteiger partial charge in [0.2, 0.25) is 5.91 Å². The third-order valence-electron chi connectivity index (χ3n) is 6.21. The van der Waals surface area contributed by atoms with Gasteiger partial charge in [-0.1, -0.05) is 50.2 Å². The highest BCUT2D eigenvalue weighted by molar-refractivity contribution is 5.86. The molecule has 0 spiro atoms. The fourth-order valence-electron chi connectivity index (χ4n) is 4.37. The molecule has 3 N–H and O–H groups in total. The van der Waals surface area contributed by atoms with Crippen molar-refractivity contribution in [2.24, 2.45) is 5.92 Å². The van der Waals surface area contributed by atoms with Crippen LogP contribution in [0.5, 0.6) is 5.75 Å². The number of likely N-dealkylation sites (tertiary alicyclic amines) is 1. The quantitative estimate of drug-likeness (QED) is 0.500. The molecule has 4 rings (SSSR count). The van der Waals surface area contributed by atoms with Gasteiger partial charge in [0.15, 0.2) is 0 Å². The molecule has 2 heterocycles. The van der Waals surface area contributed by atoms with E-state index in [1.807, 2.05) is 50.2 Å². The van der Waals surface area contributed by atoms with E-state index in [9.17, 15) is 14.7 Å². The van der Waals surface area contributed by atoms with Crippen LogP contribution in [0.1, 0.15) is 38.6 Å². The summed E-state index contributed by atoms with van der Waals surface area (Å²) in [7, 11) is 1.29. The molecule has 178 valence electrons. The lowest BCUT2D eigenvalue weighted by Gasteiger charge is -2.30. The Morgan fingerprint density at radius 3 is 2.56 bits per heavy atom. The highest BCUT2D eigenvalue weighted by Gasteiger charge is 2.37. The summed E-state index contributed by atoms with van der Waals surface area (Å²) in [4.78, 5) is 34.8. The van der Waals surface area contributed by atoms with E-state index in [2.05, 4.69) is 15.3 Å². The lowest BCUT2D eigenvalue weighted by molar-refractivity contribution is -0.135. The lowest BCUT2D eigenvalue weighted by Crippen LogP contribution is -2.51. The zero-order valence-electron chi connectivity index (χ0n) is 19.6. The van der Waals surface area contributed by atoms with Crippen molar-refractivity contribution in [3.8, 4) is 28.1 Å². The Balaban J connectivity index is 1.51. The second kappa shape index (κ2) is 9.99. The number of phenolic OH excluding ortho intramolecular Hbond substituents is 1. The molecule has 3 aromatic rings. The minimum Gasteiger partial charge on any atom is -0.508 e. The van der Waals surface area contributed by atoms with E-state index >= 15 is 0 Å². The first-order valence-corrected chi connectivity index (χ1v) is 11.5. The molecule has 1 aromatic heterocycles. The Hall–Kier alpha value is -3.81. The van der Waals surface area contributed by atoms with Crippen molar-refractivity contribution in [2.75, 3.05) is 13.7 Å². The normalized spacial score (nSPS) is 16.5. The SMILES string of the molecule is COC(=O)N[C@H](C(=O)N1CCC[C@H]1c1ncc(-c2ccc(-c3cccc(O)c3)cc2)[nH]1)C(C)C. The van der Waals surface area contributed by atoms with Crippen LogP contribution in [-0.4, -0.2) is 51.7 Å². The molecule has 2 aromatic carbocycles. The van der Waals surface area contributed by atoms with Crippen LogP contribution in [0, 0.1) is 5.92 Å². The summed E-state index contributed by atoms with van der Waals surface area (Å²) in [6.45, 7) is 4.41. The van der Waals surface area contributed by atoms with Crippen LogP contribution < -0.4 is 5.32 Å². The van der Waals surface area contributed by atoms with Crippen LogP contribution in [0.25, 0.3) is 22.4 Å². The smallest absolute Gasteiger partial charge is 0.407 e. The number of imidazole rings is 1. The average molecular weight is 463 g/mol. The highest BCUT2D eigenvalue weighted by Crippen LogP contribution is 2.33. The number of carbonyl (C=O) groups is 2. The van der Waals surface area contributed by atoms with Crippen molar-refractivity contribution in [2.45, 2.75) is 38.8 Å². The van der Waals surface area contributed by atoms with Gasteiger partial charge in [0.1, 0.15) is 17.6 Å². The summed E-state index contributed by atoms with van der Waals surface area (Å²) in [6.07, 6.45) is 2.84. The number of nitrogens with zero attached hydrogens (tertiary/aromatic N) is 2. The third-order valence-corrected chi connectivity index (χ3v) is 6.21. The Morgan fingerprint density at radius 1 is 1.15 bits per heavy atom. The maximum absolute atomic E-state index is 13.3. The Kier molecular flexibility index (Phi) is 6.86. The summed E-state index contributed by atoms with van der Waals surface area (Å²) in [5, 5.41) is 12.4. The second-order valence-corrected chi connectivity index (χ2v) is 8.86. The minimum atomic E-state index is -0.660. The first-order chi connectivity index (χ1) is 16.4. The predicted molar refractivity (Wildman–Crippen MR) is 129 cm³/mol. The van der Waals surface area contributed by atoms with Crippen molar-refractivity contribution >= 4 is 12.0 Å². The van der Waals surface area contributed by atoms with Gasteiger partial charge in [-0.2, -0.15) is 0 Å². The molecule has 2 amide bonds. The Bertz CT molecular complexity index is 1160. The van der Waals surface area contributed by atoms with Gasteiger partial charge in [0, 0.05) is 6.54 Å². The number of aromatic hydroxyl groups is 1. The van der Waals surface area contributed by atoms with Crippen molar-refractivity contribution in [1.82, 2.24) is 20.2 Å². The molecule has 1 aliphatic rings. The molecule has 0 aliphatic carbocycles. The van der Waals surface area contributed by atoms with Gasteiger partial charge in [-0.05, 0) is 47.6 Å². The summed E-state index contributed by atoms with van der Waals surface area (Å²) in [6, 6.07) is 14.3. The summed E-state index contributed by atoms with van der Waals surface area (Å²) < 4.78 is 4.70. The molecule has 34 heavy (non-hydrogen) atoms. The van der Waals surface area contributed by atoms with Crippen LogP contribution in [0.2, 0.25) is 0 Å². The molecule has 0 radical (unpaired) electrons. The third kappa shape index (κ3) is 4.90. The van der Waals surface area contributed by atoms with Crippen LogP contribution in [0.3, 0.4) is 0 Å². The van der Waals surface area contributed by atoms with E-state index in [0.29, 0.717) is 6.54 Å². The lowest BCUT2D eigenvalue weighted by atomic mass is 10.0. The monoisotopic (exact) mass is 462 g/mol. The van der Waals surface area contributed by atoms with Gasteiger partial charge in [0.25, 0.3) is 0 Å². The number of hydrogen-bond donors (Lipinski definition) is 3. The number of carbonyl (C=O) groups excluding carboxylic acids is 2. The molecule has 1 fully saturated rings. The van der Waals surface area contributed by atoms with Gasteiger partial charge < -0.3 is 25.0 Å². The first kappa shape index (κ1) is 23.4. The van der Waals surface area contributed by atoms with E-state index in [-0.39, 0.29) is 23.6 Å². The van der Waals surface area contributed by atoms with E-state index in [0.717, 1.165) is 41.1 Å². The molecule has 1 aliphatic heterocycles.